The fourth-order valence-electron chi connectivity index (χ4n) is 5.10. The van der Waals surface area contributed by atoms with Crippen molar-refractivity contribution in [3.63, 3.8) is 0 Å². The van der Waals surface area contributed by atoms with Gasteiger partial charge in [0.25, 0.3) is 5.91 Å². The zero-order valence-electron chi connectivity index (χ0n) is 18.2. The summed E-state index contributed by atoms with van der Waals surface area (Å²) in [4.78, 5) is 29.8. The summed E-state index contributed by atoms with van der Waals surface area (Å²) in [6.45, 7) is 0. The summed E-state index contributed by atoms with van der Waals surface area (Å²) in [6.07, 6.45) is 3.99. The van der Waals surface area contributed by atoms with Crippen LogP contribution in [0.3, 0.4) is 0 Å². The Balaban J connectivity index is 1.26. The van der Waals surface area contributed by atoms with Crippen LogP contribution in [-0.2, 0) is 6.42 Å². The van der Waals surface area contributed by atoms with Gasteiger partial charge in [0.15, 0.2) is 5.82 Å². The topological polar surface area (TPSA) is 73.8 Å². The lowest BCUT2D eigenvalue weighted by molar-refractivity contribution is 0.0859. The number of hydrogen-bond donors (Lipinski definition) is 1. The van der Waals surface area contributed by atoms with Gasteiger partial charge < -0.3 is 9.72 Å². The van der Waals surface area contributed by atoms with E-state index in [1.54, 1.807) is 19.1 Å². The van der Waals surface area contributed by atoms with E-state index < -0.39 is 0 Å². The van der Waals surface area contributed by atoms with E-state index in [1.807, 2.05) is 12.1 Å². The molecule has 7 heteroatoms. The molecule has 7 nitrogen and oxygen atoms in total. The molecule has 2 aliphatic heterocycles. The van der Waals surface area contributed by atoms with Gasteiger partial charge in [0.05, 0.1) is 19.2 Å². The van der Waals surface area contributed by atoms with Crippen LogP contribution in [0.2, 0.25) is 0 Å². The molecule has 6 rings (SSSR count). The number of carbonyl (C=O) groups is 1. The summed E-state index contributed by atoms with van der Waals surface area (Å²) in [5.41, 5.74) is 4.01. The van der Waals surface area contributed by atoms with E-state index in [1.165, 1.54) is 6.42 Å². The third-order valence-electron chi connectivity index (χ3n) is 6.80. The third kappa shape index (κ3) is 2.92. The number of amides is 1. The minimum atomic E-state index is -0.0661. The van der Waals surface area contributed by atoms with E-state index in [0.717, 1.165) is 52.9 Å². The molecule has 2 atom stereocenters. The summed E-state index contributed by atoms with van der Waals surface area (Å²) >= 11 is 0. The number of imidazole rings is 1. The second-order valence-corrected chi connectivity index (χ2v) is 8.71. The highest BCUT2D eigenvalue weighted by atomic mass is 16.5. The van der Waals surface area contributed by atoms with Crippen LogP contribution in [-0.4, -0.2) is 53.0 Å². The molecule has 0 saturated heterocycles. The van der Waals surface area contributed by atoms with E-state index in [-0.39, 0.29) is 11.9 Å². The molecule has 1 fully saturated rings. The van der Waals surface area contributed by atoms with Crippen molar-refractivity contribution in [2.45, 2.75) is 37.8 Å². The van der Waals surface area contributed by atoms with Crippen LogP contribution >= 0.6 is 0 Å². The molecule has 1 aliphatic carbocycles. The Morgan fingerprint density at radius 2 is 1.78 bits per heavy atom. The Morgan fingerprint density at radius 1 is 1.06 bits per heavy atom. The maximum Gasteiger partial charge on any atom is 0.280 e. The van der Waals surface area contributed by atoms with Gasteiger partial charge in [-0.25, -0.2) is 9.98 Å². The van der Waals surface area contributed by atoms with Crippen molar-refractivity contribution in [2.75, 3.05) is 19.1 Å². The number of methoxy groups -OCH3 is 1. The maximum absolute atomic E-state index is 12.9. The standard InChI is InChI=1S/C25H25N5O2/c1-29-24(31)22-23(30-20-5-3-4-19(20)26-25(29)30)28-21(27-22)14-15-6-8-16(9-7-15)17-10-12-18(32-2)13-11-17/h6-13,19-20H,3-5,14H2,1-2H3,(H,27,28)/t19-,20+/m1/s1. The number of nitrogens with one attached hydrogen (secondary N) is 1. The fraction of sp³-hybridized carbons (Fsp3) is 0.320. The zero-order chi connectivity index (χ0) is 21.8. The number of rotatable bonds is 4. The summed E-state index contributed by atoms with van der Waals surface area (Å²) in [5, 5.41) is 0. The van der Waals surface area contributed by atoms with Gasteiger partial charge in [0.1, 0.15) is 17.3 Å². The minimum absolute atomic E-state index is 0.0661. The van der Waals surface area contributed by atoms with Gasteiger partial charge in [-0.1, -0.05) is 36.4 Å². The summed E-state index contributed by atoms with van der Waals surface area (Å²) in [7, 11) is 3.47. The number of ether oxygens (including phenoxy) is 1. The number of guanidine groups is 1. The van der Waals surface area contributed by atoms with E-state index in [4.69, 9.17) is 14.7 Å². The molecule has 1 amide bonds. The van der Waals surface area contributed by atoms with Gasteiger partial charge in [0, 0.05) is 13.5 Å². The molecule has 1 aromatic heterocycles. The van der Waals surface area contributed by atoms with Crippen LogP contribution in [0.15, 0.2) is 53.5 Å². The van der Waals surface area contributed by atoms with Gasteiger partial charge in [0.2, 0.25) is 5.96 Å². The predicted molar refractivity (Wildman–Crippen MR) is 123 cm³/mol. The van der Waals surface area contributed by atoms with Crippen molar-refractivity contribution in [1.82, 2.24) is 14.9 Å². The molecular weight excluding hydrogens is 402 g/mol. The van der Waals surface area contributed by atoms with Gasteiger partial charge >= 0.3 is 0 Å². The van der Waals surface area contributed by atoms with Crippen LogP contribution < -0.4 is 9.64 Å². The van der Waals surface area contributed by atoms with Crippen LogP contribution in [0.5, 0.6) is 5.75 Å². The Kier molecular flexibility index (Phi) is 4.31. The van der Waals surface area contributed by atoms with Crippen molar-refractivity contribution in [1.29, 1.82) is 0 Å². The Bertz CT molecular complexity index is 1210. The maximum atomic E-state index is 12.9. The van der Waals surface area contributed by atoms with Crippen LogP contribution in [0.1, 0.15) is 41.1 Å². The first kappa shape index (κ1) is 19.1. The smallest absolute Gasteiger partial charge is 0.280 e. The number of fused-ring (bicyclic) bond motifs is 5. The molecule has 3 aromatic rings. The average Bonchev–Trinajstić information content (AvgIpc) is 3.53. The second-order valence-electron chi connectivity index (χ2n) is 8.71. The van der Waals surface area contributed by atoms with Crippen molar-refractivity contribution < 1.29 is 9.53 Å². The number of hydrogen-bond acceptors (Lipinski definition) is 5. The van der Waals surface area contributed by atoms with Crippen molar-refractivity contribution in [3.8, 4) is 16.9 Å². The highest BCUT2D eigenvalue weighted by Crippen LogP contribution is 2.39. The molecule has 0 spiro atoms. The summed E-state index contributed by atoms with van der Waals surface area (Å²) in [5.74, 6) is 3.08. The molecule has 0 bridgehead atoms. The highest BCUT2D eigenvalue weighted by Gasteiger charge is 2.48. The number of aromatic nitrogens is 2. The second kappa shape index (κ2) is 7.22. The Morgan fingerprint density at radius 3 is 2.50 bits per heavy atom. The predicted octanol–water partition coefficient (Wildman–Crippen LogP) is 3.86. The molecule has 32 heavy (non-hydrogen) atoms. The first-order valence-corrected chi connectivity index (χ1v) is 11.1. The quantitative estimate of drug-likeness (QED) is 0.686. The van der Waals surface area contributed by atoms with Gasteiger partial charge in [-0.05, 0) is 48.1 Å². The number of aromatic amines is 1. The third-order valence-corrected chi connectivity index (χ3v) is 6.80. The molecule has 3 heterocycles. The lowest BCUT2D eigenvalue weighted by atomic mass is 10.0. The first-order chi connectivity index (χ1) is 15.6. The van der Waals surface area contributed by atoms with Crippen molar-refractivity contribution >= 4 is 17.7 Å². The molecule has 2 aromatic carbocycles. The van der Waals surface area contributed by atoms with Gasteiger partial charge in [-0.3, -0.25) is 14.6 Å². The SMILES string of the molecule is COc1ccc(-c2ccc(Cc3nc4c([nH]3)C(=O)N(C)C3=N[C@@H]5CCC[C@@H]5N34)cc2)cc1. The lowest BCUT2D eigenvalue weighted by Gasteiger charge is -2.33. The minimum Gasteiger partial charge on any atom is -0.497 e. The molecule has 1 saturated carbocycles. The Labute approximate surface area is 186 Å². The Hall–Kier alpha value is -3.61. The monoisotopic (exact) mass is 427 g/mol. The van der Waals surface area contributed by atoms with E-state index >= 15 is 0 Å². The van der Waals surface area contributed by atoms with Crippen LogP contribution in [0.4, 0.5) is 5.82 Å². The number of anilines is 1. The van der Waals surface area contributed by atoms with E-state index in [0.29, 0.717) is 18.2 Å². The molecule has 3 aliphatic rings. The van der Waals surface area contributed by atoms with Crippen molar-refractivity contribution in [3.05, 3.63) is 65.6 Å². The number of H-pyrrole nitrogens is 1. The molecule has 1 N–H and O–H groups in total. The van der Waals surface area contributed by atoms with Crippen molar-refractivity contribution in [2.24, 2.45) is 4.99 Å². The van der Waals surface area contributed by atoms with Crippen LogP contribution in [0, 0.1) is 0 Å². The molecule has 0 unspecified atom stereocenters. The lowest BCUT2D eigenvalue weighted by Crippen LogP contribution is -2.51. The van der Waals surface area contributed by atoms with E-state index in [2.05, 4.69) is 46.3 Å². The number of nitrogens with zero attached hydrogens (tertiary/aromatic N) is 4. The summed E-state index contributed by atoms with van der Waals surface area (Å²) in [6, 6.07) is 17.1. The van der Waals surface area contributed by atoms with Crippen LogP contribution in [0.25, 0.3) is 11.1 Å². The van der Waals surface area contributed by atoms with E-state index in [9.17, 15) is 4.79 Å². The molecule has 0 radical (unpaired) electrons. The summed E-state index contributed by atoms with van der Waals surface area (Å²) < 4.78 is 5.24. The number of aliphatic imine (C=N–C) groups is 1. The number of carbonyl (C=O) groups excluding carboxylic acids is 1. The number of benzene rings is 2. The normalized spacial score (nSPS) is 21.3. The average molecular weight is 428 g/mol. The van der Waals surface area contributed by atoms with Gasteiger partial charge in [-0.15, -0.1) is 0 Å². The largest absolute Gasteiger partial charge is 0.497 e. The molecule has 162 valence electrons. The van der Waals surface area contributed by atoms with Gasteiger partial charge in [-0.2, -0.15) is 0 Å². The fourth-order valence-corrected chi connectivity index (χ4v) is 5.10. The molecular formula is C25H25N5O2. The first-order valence-electron chi connectivity index (χ1n) is 11.1. The highest BCUT2D eigenvalue weighted by molar-refractivity contribution is 6.18. The zero-order valence-corrected chi connectivity index (χ0v) is 18.2.